The quantitative estimate of drug-likeness (QED) is 0.653. The van der Waals surface area contributed by atoms with E-state index in [0.717, 1.165) is 27.9 Å². The third-order valence-electron chi connectivity index (χ3n) is 4.53. The van der Waals surface area contributed by atoms with Gasteiger partial charge in [-0.25, -0.2) is 0 Å². The highest BCUT2D eigenvalue weighted by Gasteiger charge is 2.19. The molecular weight excluding hydrogens is 340 g/mol. The minimum Gasteiger partial charge on any atom is -0.369 e. The van der Waals surface area contributed by atoms with Crippen LogP contribution in [0.5, 0.6) is 0 Å². The number of carbonyl (C=O) groups is 2. The molecule has 6 heteroatoms. The second-order valence-electron chi connectivity index (χ2n) is 6.45. The van der Waals surface area contributed by atoms with Gasteiger partial charge < -0.3 is 16.4 Å². The van der Waals surface area contributed by atoms with Gasteiger partial charge in [0.2, 0.25) is 11.8 Å². The summed E-state index contributed by atoms with van der Waals surface area (Å²) in [5, 5.41) is 5.99. The van der Waals surface area contributed by atoms with Crippen molar-refractivity contribution in [3.8, 4) is 11.1 Å². The van der Waals surface area contributed by atoms with Crippen LogP contribution >= 0.6 is 0 Å². The predicted octanol–water partition coefficient (Wildman–Crippen LogP) is 2.88. The monoisotopic (exact) mass is 358 g/mol. The van der Waals surface area contributed by atoms with Gasteiger partial charge in [-0.2, -0.15) is 0 Å². The van der Waals surface area contributed by atoms with E-state index in [1.165, 1.54) is 0 Å². The maximum absolute atomic E-state index is 11.9. The van der Waals surface area contributed by atoms with E-state index in [-0.39, 0.29) is 5.91 Å². The van der Waals surface area contributed by atoms with Gasteiger partial charge in [0, 0.05) is 17.4 Å². The lowest BCUT2D eigenvalue weighted by atomic mass is 10.0. The molecule has 0 saturated heterocycles. The average molecular weight is 358 g/mol. The van der Waals surface area contributed by atoms with Crippen LogP contribution in [0, 0.1) is 0 Å². The number of benzene rings is 2. The van der Waals surface area contributed by atoms with Gasteiger partial charge in [-0.05, 0) is 34.9 Å². The number of carbonyl (C=O) groups excluding carboxylic acids is 2. The molecule has 1 aliphatic heterocycles. The van der Waals surface area contributed by atoms with Gasteiger partial charge in [0.1, 0.15) is 6.04 Å². The Hall–Kier alpha value is -3.67. The molecule has 0 bridgehead atoms. The largest absolute Gasteiger partial charge is 0.369 e. The zero-order valence-electron chi connectivity index (χ0n) is 14.5. The van der Waals surface area contributed by atoms with Crippen LogP contribution in [0.3, 0.4) is 0 Å². The Morgan fingerprint density at radius 3 is 2.67 bits per heavy atom. The first kappa shape index (κ1) is 16.8. The first-order valence-corrected chi connectivity index (χ1v) is 8.59. The molecule has 1 atom stereocenters. The van der Waals surface area contributed by atoms with E-state index >= 15 is 0 Å². The van der Waals surface area contributed by atoms with Gasteiger partial charge >= 0.3 is 0 Å². The summed E-state index contributed by atoms with van der Waals surface area (Å²) in [5.41, 5.74) is 10.7. The van der Waals surface area contributed by atoms with E-state index < -0.39 is 11.9 Å². The summed E-state index contributed by atoms with van der Waals surface area (Å²) in [6.07, 6.45) is 3.78. The molecule has 0 fully saturated rings. The Kier molecular flexibility index (Phi) is 4.30. The van der Waals surface area contributed by atoms with Gasteiger partial charge in [-0.15, -0.1) is 0 Å². The number of nitrogens with two attached hydrogens (primary N) is 1. The molecule has 0 saturated carbocycles. The second-order valence-corrected chi connectivity index (χ2v) is 6.45. The van der Waals surface area contributed by atoms with Crippen LogP contribution in [0.2, 0.25) is 0 Å². The molecule has 0 radical (unpaired) electrons. The third-order valence-corrected chi connectivity index (χ3v) is 4.53. The Morgan fingerprint density at radius 2 is 1.89 bits per heavy atom. The molecule has 2 aromatic carbocycles. The van der Waals surface area contributed by atoms with Crippen molar-refractivity contribution in [3.63, 3.8) is 0 Å². The van der Waals surface area contributed by atoms with Crippen molar-refractivity contribution < 1.29 is 9.59 Å². The molecule has 1 aromatic heterocycles. The molecule has 2 amide bonds. The smallest absolute Gasteiger partial charge is 0.244 e. The minimum atomic E-state index is -0.648. The minimum absolute atomic E-state index is 0.00264. The highest BCUT2D eigenvalue weighted by atomic mass is 16.2. The Bertz CT molecular complexity index is 1020. The molecule has 0 unspecified atom stereocenters. The van der Waals surface area contributed by atoms with Gasteiger partial charge in [-0.3, -0.25) is 14.6 Å². The molecule has 6 nitrogen and oxygen atoms in total. The topological polar surface area (TPSA) is 97.1 Å². The first-order chi connectivity index (χ1) is 13.1. The van der Waals surface area contributed by atoms with Crippen LogP contribution in [-0.4, -0.2) is 16.8 Å². The van der Waals surface area contributed by atoms with Crippen molar-refractivity contribution in [1.29, 1.82) is 0 Å². The molecule has 134 valence electrons. The maximum atomic E-state index is 11.9. The number of nitrogens with one attached hydrogen (secondary N) is 2. The molecule has 2 heterocycles. The van der Waals surface area contributed by atoms with Crippen LogP contribution in [0.25, 0.3) is 11.1 Å². The number of hydrogen-bond acceptors (Lipinski definition) is 4. The van der Waals surface area contributed by atoms with Crippen molar-refractivity contribution in [1.82, 2.24) is 4.98 Å². The molecule has 0 aliphatic carbocycles. The second kappa shape index (κ2) is 6.92. The first-order valence-electron chi connectivity index (χ1n) is 8.59. The number of nitrogens with zero attached hydrogens (tertiary/aromatic N) is 1. The summed E-state index contributed by atoms with van der Waals surface area (Å²) in [5.74, 6) is -0.462. The van der Waals surface area contributed by atoms with Crippen LogP contribution in [0.1, 0.15) is 17.2 Å². The van der Waals surface area contributed by atoms with Crippen LogP contribution < -0.4 is 16.4 Å². The molecule has 4 N–H and O–H groups in total. The highest BCUT2D eigenvalue weighted by molar-refractivity contribution is 5.99. The van der Waals surface area contributed by atoms with E-state index in [2.05, 4.69) is 15.6 Å². The predicted molar refractivity (Wildman–Crippen MR) is 104 cm³/mol. The zero-order valence-corrected chi connectivity index (χ0v) is 14.5. The number of rotatable bonds is 5. The number of anilines is 2. The van der Waals surface area contributed by atoms with Gasteiger partial charge in [0.05, 0.1) is 18.3 Å². The van der Waals surface area contributed by atoms with E-state index in [9.17, 15) is 9.59 Å². The van der Waals surface area contributed by atoms with Crippen molar-refractivity contribution in [2.75, 3.05) is 10.6 Å². The van der Waals surface area contributed by atoms with Crippen molar-refractivity contribution in [3.05, 3.63) is 78.1 Å². The maximum Gasteiger partial charge on any atom is 0.244 e. The molecule has 27 heavy (non-hydrogen) atoms. The average Bonchev–Trinajstić information content (AvgIpc) is 3.06. The summed E-state index contributed by atoms with van der Waals surface area (Å²) in [7, 11) is 0. The fraction of sp³-hybridized carbons (Fsp3) is 0.0952. The molecule has 3 aromatic rings. The lowest BCUT2D eigenvalue weighted by Gasteiger charge is -2.17. The summed E-state index contributed by atoms with van der Waals surface area (Å²) in [4.78, 5) is 27.7. The van der Waals surface area contributed by atoms with Crippen molar-refractivity contribution >= 4 is 23.2 Å². The summed E-state index contributed by atoms with van der Waals surface area (Å²) in [6, 6.07) is 16.4. The fourth-order valence-electron chi connectivity index (χ4n) is 3.22. The van der Waals surface area contributed by atoms with Gasteiger partial charge in [-0.1, -0.05) is 36.4 Å². The molecular formula is C21H18N4O2. The zero-order chi connectivity index (χ0) is 18.8. The Labute approximate surface area is 156 Å². The van der Waals surface area contributed by atoms with E-state index in [4.69, 9.17) is 5.73 Å². The van der Waals surface area contributed by atoms with E-state index in [0.29, 0.717) is 12.1 Å². The van der Waals surface area contributed by atoms with Crippen molar-refractivity contribution in [2.45, 2.75) is 12.5 Å². The molecule has 1 aliphatic rings. The number of hydrogen-bond donors (Lipinski definition) is 3. The number of aromatic nitrogens is 1. The van der Waals surface area contributed by atoms with E-state index in [1.54, 1.807) is 12.4 Å². The molecule has 0 spiro atoms. The fourth-order valence-corrected chi connectivity index (χ4v) is 3.22. The number of pyridine rings is 1. The summed E-state index contributed by atoms with van der Waals surface area (Å²) < 4.78 is 0. The van der Waals surface area contributed by atoms with Crippen LogP contribution in [-0.2, 0) is 16.0 Å². The number of fused-ring (bicyclic) bond motifs is 1. The Morgan fingerprint density at radius 1 is 1.07 bits per heavy atom. The van der Waals surface area contributed by atoms with Crippen LogP contribution in [0.15, 0.2) is 67.0 Å². The van der Waals surface area contributed by atoms with Gasteiger partial charge in [0.15, 0.2) is 0 Å². The van der Waals surface area contributed by atoms with Crippen LogP contribution in [0.4, 0.5) is 11.4 Å². The Balaban J connectivity index is 1.62. The normalized spacial score (nSPS) is 13.6. The number of primary amides is 1. The SMILES string of the molecule is NC(=O)[C@H](Nc1cncc(-c2ccc3c(c2)CC(=O)N3)c1)c1ccccc1. The number of amides is 2. The van der Waals surface area contributed by atoms with Crippen molar-refractivity contribution in [2.24, 2.45) is 5.73 Å². The standard InChI is InChI=1S/C21H18N4O2/c22-21(27)20(13-4-2-1-3-5-13)24-17-9-16(11-23-12-17)14-6-7-18-15(8-14)10-19(26)25-18/h1-9,11-12,20,24H,10H2,(H2,22,27)(H,25,26)/t20-/m1/s1. The van der Waals surface area contributed by atoms with Gasteiger partial charge in [0.25, 0.3) is 0 Å². The molecule has 4 rings (SSSR count). The summed E-state index contributed by atoms with van der Waals surface area (Å²) >= 11 is 0. The lowest BCUT2D eigenvalue weighted by molar-refractivity contribution is -0.119. The van der Waals surface area contributed by atoms with E-state index in [1.807, 2.05) is 54.6 Å². The summed E-state index contributed by atoms with van der Waals surface area (Å²) in [6.45, 7) is 0. The highest BCUT2D eigenvalue weighted by Crippen LogP contribution is 2.30. The lowest BCUT2D eigenvalue weighted by Crippen LogP contribution is -2.27. The third kappa shape index (κ3) is 3.50.